The maximum absolute atomic E-state index is 13.0. The van der Waals surface area contributed by atoms with Gasteiger partial charge in [-0.25, -0.2) is 9.37 Å². The molecule has 0 radical (unpaired) electrons. The van der Waals surface area contributed by atoms with E-state index >= 15 is 0 Å². The second-order valence-corrected chi connectivity index (χ2v) is 5.15. The zero-order valence-corrected chi connectivity index (χ0v) is 11.6. The predicted molar refractivity (Wildman–Crippen MR) is 81.2 cm³/mol. The lowest BCUT2D eigenvalue weighted by Gasteiger charge is -2.18. The van der Waals surface area contributed by atoms with Gasteiger partial charge in [0.2, 0.25) is 5.95 Å². The summed E-state index contributed by atoms with van der Waals surface area (Å²) in [5.74, 6) is 1.48. The molecule has 2 aromatic heterocycles. The number of fused-ring (bicyclic) bond motifs is 3. The highest BCUT2D eigenvalue weighted by Crippen LogP contribution is 2.36. The van der Waals surface area contributed by atoms with Crippen molar-refractivity contribution in [2.45, 2.75) is 12.8 Å². The minimum atomic E-state index is -0.280. The third kappa shape index (κ3) is 2.09. The first kappa shape index (κ1) is 12.8. The molecule has 0 amide bonds. The third-order valence-corrected chi connectivity index (χ3v) is 3.73. The van der Waals surface area contributed by atoms with Gasteiger partial charge < -0.3 is 15.5 Å². The van der Waals surface area contributed by atoms with Crippen molar-refractivity contribution in [3.8, 4) is 11.3 Å². The van der Waals surface area contributed by atoms with Gasteiger partial charge in [-0.15, -0.1) is 0 Å². The summed E-state index contributed by atoms with van der Waals surface area (Å²) in [6, 6.07) is 8.00. The van der Waals surface area contributed by atoms with Crippen LogP contribution in [0.15, 0.2) is 41.0 Å². The lowest BCUT2D eigenvalue weighted by atomic mass is 9.95. The number of aromatic nitrogens is 2. The molecule has 110 valence electrons. The highest BCUT2D eigenvalue weighted by molar-refractivity contribution is 5.75. The standard InChI is InChI=1S/C16H13FN4O/c17-9-1-3-10(4-2-9)19-15-12-5-6-13-11(7-8-22-13)14(12)20-16(18)21-15/h1-4,7-8H,5-6H2,(H3,18,19,20,21). The number of anilines is 3. The topological polar surface area (TPSA) is 77.0 Å². The molecule has 22 heavy (non-hydrogen) atoms. The second-order valence-electron chi connectivity index (χ2n) is 5.15. The van der Waals surface area contributed by atoms with Crippen molar-refractivity contribution in [2.75, 3.05) is 11.1 Å². The van der Waals surface area contributed by atoms with E-state index in [1.165, 1.54) is 12.1 Å². The largest absolute Gasteiger partial charge is 0.469 e. The number of nitrogens with one attached hydrogen (secondary N) is 1. The number of halogens is 1. The van der Waals surface area contributed by atoms with Crippen molar-refractivity contribution in [3.05, 3.63) is 53.7 Å². The lowest BCUT2D eigenvalue weighted by molar-refractivity contribution is 0.507. The molecule has 6 heteroatoms. The third-order valence-electron chi connectivity index (χ3n) is 3.73. The first-order valence-corrected chi connectivity index (χ1v) is 6.96. The normalized spacial score (nSPS) is 12.6. The summed E-state index contributed by atoms with van der Waals surface area (Å²) < 4.78 is 18.5. The molecular weight excluding hydrogens is 283 g/mol. The Morgan fingerprint density at radius 1 is 1.09 bits per heavy atom. The van der Waals surface area contributed by atoms with Gasteiger partial charge in [-0.3, -0.25) is 0 Å². The van der Waals surface area contributed by atoms with E-state index in [-0.39, 0.29) is 11.8 Å². The van der Waals surface area contributed by atoms with Crippen LogP contribution in [0, 0.1) is 5.82 Å². The van der Waals surface area contributed by atoms with Gasteiger partial charge >= 0.3 is 0 Å². The Morgan fingerprint density at radius 2 is 1.91 bits per heavy atom. The molecule has 3 N–H and O–H groups in total. The zero-order valence-electron chi connectivity index (χ0n) is 11.6. The van der Waals surface area contributed by atoms with E-state index in [1.54, 1.807) is 18.4 Å². The van der Waals surface area contributed by atoms with Crippen LogP contribution >= 0.6 is 0 Å². The SMILES string of the molecule is Nc1nc(Nc2ccc(F)cc2)c2c(n1)-c1ccoc1CC2. The van der Waals surface area contributed by atoms with Crippen molar-refractivity contribution in [3.63, 3.8) is 0 Å². The Labute approximate surface area is 126 Å². The van der Waals surface area contributed by atoms with Crippen molar-refractivity contribution < 1.29 is 8.81 Å². The molecule has 0 saturated heterocycles. The van der Waals surface area contributed by atoms with Crippen molar-refractivity contribution in [2.24, 2.45) is 0 Å². The van der Waals surface area contributed by atoms with Gasteiger partial charge in [0.15, 0.2) is 0 Å². The summed E-state index contributed by atoms with van der Waals surface area (Å²) in [7, 11) is 0. The van der Waals surface area contributed by atoms with Crippen molar-refractivity contribution >= 4 is 17.5 Å². The summed E-state index contributed by atoms with van der Waals surface area (Å²) in [4.78, 5) is 8.64. The predicted octanol–water partition coefficient (Wildman–Crippen LogP) is 3.30. The molecule has 0 atom stereocenters. The Morgan fingerprint density at radius 3 is 2.73 bits per heavy atom. The van der Waals surface area contributed by atoms with Crippen LogP contribution in [0.2, 0.25) is 0 Å². The van der Waals surface area contributed by atoms with Gasteiger partial charge in [0.05, 0.1) is 12.0 Å². The molecule has 0 aliphatic heterocycles. The average Bonchev–Trinajstić information content (AvgIpc) is 2.98. The molecule has 1 aliphatic carbocycles. The summed E-state index contributed by atoms with van der Waals surface area (Å²) in [6.45, 7) is 0. The van der Waals surface area contributed by atoms with Crippen LogP contribution in [0.4, 0.5) is 21.8 Å². The van der Waals surface area contributed by atoms with Crippen LogP contribution in [-0.4, -0.2) is 9.97 Å². The van der Waals surface area contributed by atoms with E-state index in [0.717, 1.165) is 41.1 Å². The molecule has 1 aliphatic rings. The highest BCUT2D eigenvalue weighted by atomic mass is 19.1. The molecule has 0 saturated carbocycles. The Bertz CT molecular complexity index is 842. The fourth-order valence-electron chi connectivity index (χ4n) is 2.72. The van der Waals surface area contributed by atoms with E-state index in [4.69, 9.17) is 10.2 Å². The summed E-state index contributed by atoms with van der Waals surface area (Å²) in [5.41, 5.74) is 9.33. The van der Waals surface area contributed by atoms with Crippen LogP contribution in [0.3, 0.4) is 0 Å². The summed E-state index contributed by atoms with van der Waals surface area (Å²) in [5, 5.41) is 3.19. The van der Waals surface area contributed by atoms with Gasteiger partial charge in [0.1, 0.15) is 17.4 Å². The number of hydrogen-bond donors (Lipinski definition) is 2. The van der Waals surface area contributed by atoms with Gasteiger partial charge in [0, 0.05) is 23.2 Å². The quantitative estimate of drug-likeness (QED) is 0.758. The number of nitrogens with zero attached hydrogens (tertiary/aromatic N) is 2. The molecule has 0 spiro atoms. The molecule has 0 bridgehead atoms. The molecule has 0 fully saturated rings. The Balaban J connectivity index is 1.79. The highest BCUT2D eigenvalue weighted by Gasteiger charge is 2.24. The van der Waals surface area contributed by atoms with Gasteiger partial charge in [-0.05, 0) is 36.8 Å². The number of nitrogens with two attached hydrogens (primary N) is 1. The van der Waals surface area contributed by atoms with E-state index in [9.17, 15) is 4.39 Å². The minimum Gasteiger partial charge on any atom is -0.469 e. The first-order valence-electron chi connectivity index (χ1n) is 6.96. The fourth-order valence-corrected chi connectivity index (χ4v) is 2.72. The molecule has 1 aromatic carbocycles. The second kappa shape index (κ2) is 4.84. The Hall–Kier alpha value is -2.89. The van der Waals surface area contributed by atoms with E-state index < -0.39 is 0 Å². The maximum Gasteiger partial charge on any atom is 0.222 e. The van der Waals surface area contributed by atoms with Gasteiger partial charge in [0.25, 0.3) is 0 Å². The molecule has 4 rings (SSSR count). The van der Waals surface area contributed by atoms with Crippen LogP contribution in [-0.2, 0) is 12.8 Å². The number of aryl methyl sites for hydroxylation is 1. The van der Waals surface area contributed by atoms with Gasteiger partial charge in [-0.2, -0.15) is 4.98 Å². The molecule has 2 heterocycles. The number of hydrogen-bond acceptors (Lipinski definition) is 5. The maximum atomic E-state index is 13.0. The first-order chi connectivity index (χ1) is 10.7. The summed E-state index contributed by atoms with van der Waals surface area (Å²) in [6.07, 6.45) is 3.21. The number of benzene rings is 1. The summed E-state index contributed by atoms with van der Waals surface area (Å²) >= 11 is 0. The molecule has 0 unspecified atom stereocenters. The van der Waals surface area contributed by atoms with Crippen LogP contribution in [0.25, 0.3) is 11.3 Å². The molecule has 3 aromatic rings. The smallest absolute Gasteiger partial charge is 0.222 e. The average molecular weight is 296 g/mol. The minimum absolute atomic E-state index is 0.192. The van der Waals surface area contributed by atoms with Crippen LogP contribution < -0.4 is 11.1 Å². The lowest BCUT2D eigenvalue weighted by Crippen LogP contribution is -2.11. The Kier molecular flexibility index (Phi) is 2.82. The molecule has 5 nitrogen and oxygen atoms in total. The molecular formula is C16H13FN4O. The monoisotopic (exact) mass is 296 g/mol. The number of nitrogen functional groups attached to an aromatic ring is 1. The van der Waals surface area contributed by atoms with Crippen LogP contribution in [0.1, 0.15) is 11.3 Å². The number of rotatable bonds is 2. The van der Waals surface area contributed by atoms with Crippen LogP contribution in [0.5, 0.6) is 0 Å². The zero-order chi connectivity index (χ0) is 15.1. The van der Waals surface area contributed by atoms with Gasteiger partial charge in [-0.1, -0.05) is 0 Å². The number of furan rings is 1. The van der Waals surface area contributed by atoms with E-state index in [2.05, 4.69) is 15.3 Å². The van der Waals surface area contributed by atoms with E-state index in [1.807, 2.05) is 6.07 Å². The van der Waals surface area contributed by atoms with Crippen molar-refractivity contribution in [1.82, 2.24) is 9.97 Å². The van der Waals surface area contributed by atoms with Crippen molar-refractivity contribution in [1.29, 1.82) is 0 Å². The van der Waals surface area contributed by atoms with E-state index in [0.29, 0.717) is 5.82 Å². The fraction of sp³-hybridized carbons (Fsp3) is 0.125.